The summed E-state index contributed by atoms with van der Waals surface area (Å²) < 4.78 is 33.0. The van der Waals surface area contributed by atoms with E-state index in [1.165, 1.54) is 0 Å². The highest BCUT2D eigenvalue weighted by Crippen LogP contribution is 2.32. The lowest BCUT2D eigenvalue weighted by atomic mass is 10.0. The molecule has 5 heteroatoms. The van der Waals surface area contributed by atoms with Crippen molar-refractivity contribution in [2.45, 2.75) is 17.4 Å². The highest BCUT2D eigenvalue weighted by atomic mass is 32.2. The second-order valence-corrected chi connectivity index (χ2v) is 6.38. The lowest BCUT2D eigenvalue weighted by molar-refractivity contribution is 0.263. The first kappa shape index (κ1) is 13.1. The Balaban J connectivity index is 1.90. The van der Waals surface area contributed by atoms with Crippen LogP contribution in [0, 0.1) is 0 Å². The largest absolute Gasteiger partial charge is 0.493 e. The Kier molecular flexibility index (Phi) is 3.46. The average molecular weight is 289 g/mol. The number of nitrogens with one attached hydrogen (secondary N) is 1. The van der Waals surface area contributed by atoms with Crippen molar-refractivity contribution in [3.05, 3.63) is 60.2 Å². The van der Waals surface area contributed by atoms with E-state index in [2.05, 4.69) is 4.72 Å². The molecule has 0 fully saturated rings. The van der Waals surface area contributed by atoms with Crippen LogP contribution in [-0.4, -0.2) is 15.0 Å². The van der Waals surface area contributed by atoms with Gasteiger partial charge < -0.3 is 4.74 Å². The molecule has 0 bridgehead atoms. The first-order chi connectivity index (χ1) is 9.67. The predicted octanol–water partition coefficient (Wildman–Crippen LogP) is 2.49. The Hall–Kier alpha value is -1.85. The van der Waals surface area contributed by atoms with E-state index in [9.17, 15) is 8.42 Å². The van der Waals surface area contributed by atoms with Crippen molar-refractivity contribution in [2.75, 3.05) is 6.61 Å². The zero-order valence-electron chi connectivity index (χ0n) is 10.8. The summed E-state index contributed by atoms with van der Waals surface area (Å²) in [6.45, 7) is 0.513. The van der Waals surface area contributed by atoms with E-state index in [0.29, 0.717) is 13.0 Å². The van der Waals surface area contributed by atoms with Crippen molar-refractivity contribution < 1.29 is 13.2 Å². The zero-order chi connectivity index (χ0) is 14.0. The summed E-state index contributed by atoms with van der Waals surface area (Å²) in [5.41, 5.74) is 0.887. The lowest BCUT2D eigenvalue weighted by Gasteiger charge is -2.26. The van der Waals surface area contributed by atoms with Crippen molar-refractivity contribution in [2.24, 2.45) is 0 Å². The third-order valence-electron chi connectivity index (χ3n) is 3.31. The van der Waals surface area contributed by atoms with Gasteiger partial charge in [0.25, 0.3) is 0 Å². The summed E-state index contributed by atoms with van der Waals surface area (Å²) in [5.74, 6) is 0.750. The van der Waals surface area contributed by atoms with E-state index in [0.717, 1.165) is 11.3 Å². The predicted molar refractivity (Wildman–Crippen MR) is 76.1 cm³/mol. The number of hydrogen-bond donors (Lipinski definition) is 1. The summed E-state index contributed by atoms with van der Waals surface area (Å²) in [6, 6.07) is 15.7. The van der Waals surface area contributed by atoms with Gasteiger partial charge in [-0.2, -0.15) is 0 Å². The number of rotatable bonds is 3. The van der Waals surface area contributed by atoms with Crippen molar-refractivity contribution in [3.8, 4) is 5.75 Å². The summed E-state index contributed by atoms with van der Waals surface area (Å²) in [4.78, 5) is 0.281. The molecule has 0 saturated carbocycles. The maximum atomic E-state index is 12.4. The zero-order valence-corrected chi connectivity index (χ0v) is 11.6. The normalized spacial score (nSPS) is 18.1. The average Bonchev–Trinajstić information content (AvgIpc) is 2.48. The van der Waals surface area contributed by atoms with E-state index in [4.69, 9.17) is 4.74 Å². The molecule has 20 heavy (non-hydrogen) atoms. The minimum atomic E-state index is -3.51. The number of para-hydroxylation sites is 1. The fraction of sp³-hybridized carbons (Fsp3) is 0.200. The van der Waals surface area contributed by atoms with Gasteiger partial charge >= 0.3 is 0 Å². The first-order valence-corrected chi connectivity index (χ1v) is 7.94. The molecule has 0 radical (unpaired) electrons. The van der Waals surface area contributed by atoms with Gasteiger partial charge in [0.05, 0.1) is 17.5 Å². The third kappa shape index (κ3) is 2.55. The van der Waals surface area contributed by atoms with Gasteiger partial charge in [0, 0.05) is 12.0 Å². The lowest BCUT2D eigenvalue weighted by Crippen LogP contribution is -2.32. The van der Waals surface area contributed by atoms with Crippen molar-refractivity contribution in [1.29, 1.82) is 0 Å². The molecule has 0 unspecified atom stereocenters. The Bertz CT molecular complexity index is 698. The molecule has 1 heterocycles. The summed E-state index contributed by atoms with van der Waals surface area (Å²) >= 11 is 0. The van der Waals surface area contributed by atoms with Crippen LogP contribution >= 0.6 is 0 Å². The molecule has 0 spiro atoms. The van der Waals surface area contributed by atoms with Crippen LogP contribution in [0.3, 0.4) is 0 Å². The molecule has 4 nitrogen and oxygen atoms in total. The van der Waals surface area contributed by atoms with Gasteiger partial charge in [-0.3, -0.25) is 0 Å². The van der Waals surface area contributed by atoms with E-state index < -0.39 is 10.0 Å². The van der Waals surface area contributed by atoms with Gasteiger partial charge in [-0.25, -0.2) is 13.1 Å². The molecule has 0 aliphatic carbocycles. The van der Waals surface area contributed by atoms with Gasteiger partial charge in [-0.1, -0.05) is 36.4 Å². The standard InChI is InChI=1S/C15H15NO3S/c17-20(18,12-6-2-1-3-7-12)16-14-10-11-19-15-9-5-4-8-13(14)15/h1-9,14,16H,10-11H2/t14-/m0/s1. The molecule has 104 valence electrons. The first-order valence-electron chi connectivity index (χ1n) is 6.46. The Morgan fingerprint density at radius 3 is 2.50 bits per heavy atom. The van der Waals surface area contributed by atoms with E-state index in [-0.39, 0.29) is 10.9 Å². The number of fused-ring (bicyclic) bond motifs is 1. The Morgan fingerprint density at radius 1 is 1.00 bits per heavy atom. The quantitative estimate of drug-likeness (QED) is 0.944. The summed E-state index contributed by atoms with van der Waals surface area (Å²) in [5, 5.41) is 0. The molecule has 2 aromatic carbocycles. The monoisotopic (exact) mass is 289 g/mol. The SMILES string of the molecule is O=S(=O)(N[C@H]1CCOc2ccccc21)c1ccccc1. The minimum Gasteiger partial charge on any atom is -0.493 e. The molecule has 0 aromatic heterocycles. The van der Waals surface area contributed by atoms with Crippen LogP contribution in [0.4, 0.5) is 0 Å². The third-order valence-corrected chi connectivity index (χ3v) is 4.80. The maximum Gasteiger partial charge on any atom is 0.241 e. The second kappa shape index (κ2) is 5.26. The maximum absolute atomic E-state index is 12.4. The van der Waals surface area contributed by atoms with E-state index in [1.807, 2.05) is 24.3 Å². The number of sulfonamides is 1. The van der Waals surface area contributed by atoms with Gasteiger partial charge in [-0.15, -0.1) is 0 Å². The Labute approximate surface area is 118 Å². The van der Waals surface area contributed by atoms with Crippen molar-refractivity contribution in [3.63, 3.8) is 0 Å². The molecule has 1 aliphatic rings. The van der Waals surface area contributed by atoms with Gasteiger partial charge in [0.2, 0.25) is 10.0 Å². The highest BCUT2D eigenvalue weighted by molar-refractivity contribution is 7.89. The highest BCUT2D eigenvalue weighted by Gasteiger charge is 2.26. The fourth-order valence-electron chi connectivity index (χ4n) is 2.32. The van der Waals surface area contributed by atoms with Crippen LogP contribution in [0.5, 0.6) is 5.75 Å². The van der Waals surface area contributed by atoms with Gasteiger partial charge in [-0.05, 0) is 18.2 Å². The van der Waals surface area contributed by atoms with Crippen LogP contribution in [0.25, 0.3) is 0 Å². The molecule has 2 aromatic rings. The van der Waals surface area contributed by atoms with Crippen LogP contribution in [-0.2, 0) is 10.0 Å². The number of hydrogen-bond acceptors (Lipinski definition) is 3. The van der Waals surface area contributed by atoms with Gasteiger partial charge in [0.1, 0.15) is 5.75 Å². The smallest absolute Gasteiger partial charge is 0.241 e. The topological polar surface area (TPSA) is 55.4 Å². The van der Waals surface area contributed by atoms with Crippen LogP contribution in [0.15, 0.2) is 59.5 Å². The summed E-state index contributed by atoms with van der Waals surface area (Å²) in [6.07, 6.45) is 0.628. The Morgan fingerprint density at radius 2 is 1.70 bits per heavy atom. The van der Waals surface area contributed by atoms with Crippen molar-refractivity contribution in [1.82, 2.24) is 4.72 Å². The van der Waals surface area contributed by atoms with Crippen LogP contribution in [0.2, 0.25) is 0 Å². The fourth-order valence-corrected chi connectivity index (χ4v) is 3.59. The molecular formula is C15H15NO3S. The summed E-state index contributed by atoms with van der Waals surface area (Å²) in [7, 11) is -3.51. The molecule has 0 saturated heterocycles. The minimum absolute atomic E-state index is 0.245. The second-order valence-electron chi connectivity index (χ2n) is 4.66. The van der Waals surface area contributed by atoms with E-state index >= 15 is 0 Å². The van der Waals surface area contributed by atoms with Crippen molar-refractivity contribution >= 4 is 10.0 Å². The number of benzene rings is 2. The van der Waals surface area contributed by atoms with Crippen LogP contribution in [0.1, 0.15) is 18.0 Å². The van der Waals surface area contributed by atoms with Crippen LogP contribution < -0.4 is 9.46 Å². The van der Waals surface area contributed by atoms with Gasteiger partial charge in [0.15, 0.2) is 0 Å². The molecule has 3 rings (SSSR count). The molecular weight excluding hydrogens is 274 g/mol. The van der Waals surface area contributed by atoms with E-state index in [1.54, 1.807) is 30.3 Å². The molecule has 1 atom stereocenters. The molecule has 0 amide bonds. The molecule has 1 aliphatic heterocycles. The number of ether oxygens (including phenoxy) is 1. The molecule has 1 N–H and O–H groups in total.